The number of aromatic nitrogens is 3. The zero-order chi connectivity index (χ0) is 10.7. The molecular weight excluding hydrogens is 305 g/mol. The van der Waals surface area contributed by atoms with Crippen LogP contribution in [0.5, 0.6) is 0 Å². The maximum absolute atomic E-state index is 9.80. The van der Waals surface area contributed by atoms with Crippen molar-refractivity contribution in [3.05, 3.63) is 45.6 Å². The summed E-state index contributed by atoms with van der Waals surface area (Å²) in [7, 11) is 0. The molecule has 2 rings (SSSR count). The Bertz CT molecular complexity index is 413. The van der Waals surface area contributed by atoms with E-state index in [2.05, 4.69) is 37.8 Å². The lowest BCUT2D eigenvalue weighted by atomic mass is 10.1. The maximum Gasteiger partial charge on any atom is 0.153 e. The van der Waals surface area contributed by atoms with E-state index in [0.717, 1.165) is 5.56 Å². The summed E-state index contributed by atoms with van der Waals surface area (Å²) < 4.78 is 1.19. The molecule has 0 aliphatic carbocycles. The molecule has 1 heterocycles. The Morgan fingerprint density at radius 3 is 2.67 bits per heavy atom. The Morgan fingerprint density at radius 2 is 2.07 bits per heavy atom. The van der Waals surface area contributed by atoms with Crippen LogP contribution in [-0.2, 0) is 6.42 Å². The van der Waals surface area contributed by atoms with Gasteiger partial charge in [0.25, 0.3) is 0 Å². The van der Waals surface area contributed by atoms with E-state index in [0.29, 0.717) is 12.2 Å². The molecular formula is C10H10IN3O. The van der Waals surface area contributed by atoms with Crippen molar-refractivity contribution in [3.63, 3.8) is 0 Å². The molecule has 1 aromatic heterocycles. The average molecular weight is 315 g/mol. The van der Waals surface area contributed by atoms with Crippen LogP contribution in [0.25, 0.3) is 0 Å². The Balaban J connectivity index is 2.06. The van der Waals surface area contributed by atoms with Crippen molar-refractivity contribution >= 4 is 22.6 Å². The minimum Gasteiger partial charge on any atom is -0.385 e. The van der Waals surface area contributed by atoms with E-state index < -0.39 is 6.10 Å². The van der Waals surface area contributed by atoms with Gasteiger partial charge in [-0.2, -0.15) is 5.10 Å². The number of rotatable bonds is 3. The molecule has 1 unspecified atom stereocenters. The standard InChI is InChI=1S/C10H10IN3O/c11-8-3-1-7(2-4-8)5-9(15)10-12-6-13-14-10/h1-4,6,9,15H,5H2,(H,12,13,14). The Kier molecular flexibility index (Phi) is 3.32. The molecule has 2 aromatic rings. The molecule has 1 atom stereocenters. The van der Waals surface area contributed by atoms with E-state index in [4.69, 9.17) is 0 Å². The smallest absolute Gasteiger partial charge is 0.153 e. The first-order chi connectivity index (χ1) is 7.25. The maximum atomic E-state index is 9.80. The molecule has 0 radical (unpaired) electrons. The van der Waals surface area contributed by atoms with Crippen molar-refractivity contribution in [1.82, 2.24) is 15.2 Å². The highest BCUT2D eigenvalue weighted by Gasteiger charge is 2.10. The van der Waals surface area contributed by atoms with Crippen LogP contribution in [-0.4, -0.2) is 20.3 Å². The van der Waals surface area contributed by atoms with E-state index in [1.165, 1.54) is 9.90 Å². The molecule has 0 fully saturated rings. The number of aromatic amines is 1. The van der Waals surface area contributed by atoms with Gasteiger partial charge in [-0.15, -0.1) is 0 Å². The highest BCUT2D eigenvalue weighted by molar-refractivity contribution is 14.1. The van der Waals surface area contributed by atoms with Crippen molar-refractivity contribution in [2.24, 2.45) is 0 Å². The van der Waals surface area contributed by atoms with Crippen LogP contribution in [0.1, 0.15) is 17.5 Å². The van der Waals surface area contributed by atoms with Crippen molar-refractivity contribution in [2.45, 2.75) is 12.5 Å². The van der Waals surface area contributed by atoms with Crippen LogP contribution in [0.15, 0.2) is 30.6 Å². The van der Waals surface area contributed by atoms with Gasteiger partial charge in [0.05, 0.1) is 0 Å². The molecule has 0 saturated heterocycles. The highest BCUT2D eigenvalue weighted by atomic mass is 127. The molecule has 0 amide bonds. The van der Waals surface area contributed by atoms with Gasteiger partial charge in [0.15, 0.2) is 5.82 Å². The van der Waals surface area contributed by atoms with E-state index in [9.17, 15) is 5.11 Å². The van der Waals surface area contributed by atoms with Gasteiger partial charge in [-0.05, 0) is 40.3 Å². The largest absolute Gasteiger partial charge is 0.385 e. The van der Waals surface area contributed by atoms with Crippen LogP contribution < -0.4 is 0 Å². The Labute approximate surface area is 101 Å². The average Bonchev–Trinajstić information content (AvgIpc) is 2.74. The predicted molar refractivity (Wildman–Crippen MR) is 64.2 cm³/mol. The number of halogens is 1. The lowest BCUT2D eigenvalue weighted by molar-refractivity contribution is 0.169. The number of hydrogen-bond donors (Lipinski definition) is 2. The third kappa shape index (κ3) is 2.75. The summed E-state index contributed by atoms with van der Waals surface area (Å²) in [6.07, 6.45) is 1.33. The fourth-order valence-electron chi connectivity index (χ4n) is 1.32. The van der Waals surface area contributed by atoms with Crippen LogP contribution in [0.3, 0.4) is 0 Å². The summed E-state index contributed by atoms with van der Waals surface area (Å²) in [6, 6.07) is 8.04. The third-order valence-electron chi connectivity index (χ3n) is 2.09. The quantitative estimate of drug-likeness (QED) is 0.847. The van der Waals surface area contributed by atoms with E-state index in [-0.39, 0.29) is 0 Å². The van der Waals surface area contributed by atoms with Crippen molar-refractivity contribution < 1.29 is 5.11 Å². The summed E-state index contributed by atoms with van der Waals surface area (Å²) in [4.78, 5) is 3.91. The SMILES string of the molecule is OC(Cc1ccc(I)cc1)c1ncn[nH]1. The van der Waals surface area contributed by atoms with Crippen molar-refractivity contribution in [3.8, 4) is 0 Å². The van der Waals surface area contributed by atoms with Gasteiger partial charge < -0.3 is 5.11 Å². The van der Waals surface area contributed by atoms with Crippen molar-refractivity contribution in [1.29, 1.82) is 0 Å². The molecule has 2 N–H and O–H groups in total. The van der Waals surface area contributed by atoms with Crippen LogP contribution in [0.2, 0.25) is 0 Å². The molecule has 15 heavy (non-hydrogen) atoms. The Hall–Kier alpha value is -0.950. The molecule has 1 aromatic carbocycles. The van der Waals surface area contributed by atoms with E-state index in [1.807, 2.05) is 24.3 Å². The second kappa shape index (κ2) is 4.71. The number of benzene rings is 1. The second-order valence-corrected chi connectivity index (χ2v) is 4.46. The molecule has 5 heteroatoms. The summed E-state index contributed by atoms with van der Waals surface area (Å²) in [5.41, 5.74) is 1.08. The normalized spacial score (nSPS) is 12.7. The molecule has 4 nitrogen and oxygen atoms in total. The van der Waals surface area contributed by atoms with Gasteiger partial charge in [-0.3, -0.25) is 5.10 Å². The third-order valence-corrected chi connectivity index (χ3v) is 2.81. The Morgan fingerprint density at radius 1 is 1.33 bits per heavy atom. The summed E-state index contributed by atoms with van der Waals surface area (Å²) in [5.74, 6) is 0.508. The highest BCUT2D eigenvalue weighted by Crippen LogP contribution is 2.15. The van der Waals surface area contributed by atoms with Crippen LogP contribution in [0.4, 0.5) is 0 Å². The number of H-pyrrole nitrogens is 1. The second-order valence-electron chi connectivity index (χ2n) is 3.22. The van der Waals surface area contributed by atoms with Crippen LogP contribution >= 0.6 is 22.6 Å². The minimum absolute atomic E-state index is 0.508. The molecule has 0 saturated carbocycles. The number of nitrogens with zero attached hydrogens (tertiary/aromatic N) is 2. The summed E-state index contributed by atoms with van der Waals surface area (Å²) in [6.45, 7) is 0. The summed E-state index contributed by atoms with van der Waals surface area (Å²) >= 11 is 2.25. The van der Waals surface area contributed by atoms with E-state index in [1.54, 1.807) is 0 Å². The molecule has 0 aliphatic rings. The van der Waals surface area contributed by atoms with Gasteiger partial charge in [-0.25, -0.2) is 4.98 Å². The zero-order valence-electron chi connectivity index (χ0n) is 7.89. The predicted octanol–water partition coefficient (Wildman–Crippen LogP) is 1.69. The number of aliphatic hydroxyl groups excluding tert-OH is 1. The van der Waals surface area contributed by atoms with Gasteiger partial charge in [0, 0.05) is 9.99 Å². The molecule has 0 spiro atoms. The first kappa shape index (κ1) is 10.6. The van der Waals surface area contributed by atoms with Gasteiger partial charge >= 0.3 is 0 Å². The molecule has 78 valence electrons. The number of hydrogen-bond acceptors (Lipinski definition) is 3. The lowest BCUT2D eigenvalue weighted by Crippen LogP contribution is -2.03. The monoisotopic (exact) mass is 315 g/mol. The van der Waals surface area contributed by atoms with E-state index >= 15 is 0 Å². The number of aliphatic hydroxyl groups is 1. The molecule has 0 bridgehead atoms. The minimum atomic E-state index is -0.618. The topological polar surface area (TPSA) is 61.8 Å². The fourth-order valence-corrected chi connectivity index (χ4v) is 1.68. The van der Waals surface area contributed by atoms with Gasteiger partial charge in [0.1, 0.15) is 12.4 Å². The molecule has 0 aliphatic heterocycles. The van der Waals surface area contributed by atoms with Crippen LogP contribution in [0, 0.1) is 3.57 Å². The number of nitrogens with one attached hydrogen (secondary N) is 1. The lowest BCUT2D eigenvalue weighted by Gasteiger charge is -2.06. The fraction of sp³-hybridized carbons (Fsp3) is 0.200. The zero-order valence-corrected chi connectivity index (χ0v) is 10.0. The van der Waals surface area contributed by atoms with Gasteiger partial charge in [0.2, 0.25) is 0 Å². The van der Waals surface area contributed by atoms with Gasteiger partial charge in [-0.1, -0.05) is 12.1 Å². The first-order valence-electron chi connectivity index (χ1n) is 4.53. The van der Waals surface area contributed by atoms with Crippen molar-refractivity contribution in [2.75, 3.05) is 0 Å². The first-order valence-corrected chi connectivity index (χ1v) is 5.61. The summed E-state index contributed by atoms with van der Waals surface area (Å²) in [5, 5.41) is 16.2.